The molecule has 0 saturated carbocycles. The van der Waals surface area contributed by atoms with Crippen molar-refractivity contribution in [2.24, 2.45) is 5.41 Å². The van der Waals surface area contributed by atoms with Crippen molar-refractivity contribution in [3.8, 4) is 16.9 Å². The number of hydrogen-bond donors (Lipinski definition) is 0. The minimum absolute atomic E-state index is 0.0646. The summed E-state index contributed by atoms with van der Waals surface area (Å²) in [5, 5.41) is 0. The molecule has 114 valence electrons. The molecule has 4 nitrogen and oxygen atoms in total. The maximum absolute atomic E-state index is 5.86. The first-order chi connectivity index (χ1) is 10.6. The average molecular weight is 297 g/mol. The van der Waals surface area contributed by atoms with Crippen LogP contribution in [0.2, 0.25) is 0 Å². The number of methoxy groups -OCH3 is 1. The monoisotopic (exact) mass is 297 g/mol. The van der Waals surface area contributed by atoms with Crippen LogP contribution in [0.3, 0.4) is 0 Å². The van der Waals surface area contributed by atoms with Gasteiger partial charge in [0, 0.05) is 42.1 Å². The third-order valence-corrected chi connectivity index (χ3v) is 3.72. The van der Waals surface area contributed by atoms with E-state index in [2.05, 4.69) is 24.9 Å². The largest absolute Gasteiger partial charge is 0.496 e. The van der Waals surface area contributed by atoms with E-state index in [1.165, 1.54) is 0 Å². The maximum Gasteiger partial charge on any atom is 0.493 e. The molecule has 1 saturated heterocycles. The molecule has 0 aliphatic carbocycles. The van der Waals surface area contributed by atoms with Gasteiger partial charge in [-0.15, -0.1) is 0 Å². The van der Waals surface area contributed by atoms with Crippen molar-refractivity contribution >= 4 is 12.6 Å². The minimum Gasteiger partial charge on any atom is -0.496 e. The Morgan fingerprint density at radius 2 is 1.95 bits per heavy atom. The summed E-state index contributed by atoms with van der Waals surface area (Å²) >= 11 is 0. The number of pyridine rings is 1. The Labute approximate surface area is 131 Å². The first-order valence-corrected chi connectivity index (χ1v) is 7.41. The summed E-state index contributed by atoms with van der Waals surface area (Å²) in [5.74, 6) is 0.813. The Balaban J connectivity index is 1.91. The van der Waals surface area contributed by atoms with E-state index >= 15 is 0 Å². The van der Waals surface area contributed by atoms with Crippen molar-refractivity contribution in [3.05, 3.63) is 42.7 Å². The molecule has 0 atom stereocenters. The fourth-order valence-electron chi connectivity index (χ4n) is 2.50. The van der Waals surface area contributed by atoms with Crippen molar-refractivity contribution < 1.29 is 14.0 Å². The first kappa shape index (κ1) is 15.1. The highest BCUT2D eigenvalue weighted by Crippen LogP contribution is 2.29. The van der Waals surface area contributed by atoms with Gasteiger partial charge in [-0.1, -0.05) is 32.0 Å². The summed E-state index contributed by atoms with van der Waals surface area (Å²) in [5.41, 5.74) is 3.06. The molecule has 0 spiro atoms. The van der Waals surface area contributed by atoms with Gasteiger partial charge in [-0.05, 0) is 17.6 Å². The summed E-state index contributed by atoms with van der Waals surface area (Å²) in [6, 6.07) is 9.92. The van der Waals surface area contributed by atoms with E-state index in [9.17, 15) is 0 Å². The lowest BCUT2D eigenvalue weighted by molar-refractivity contribution is 0.0343. The molecule has 5 heteroatoms. The fraction of sp³-hybridized carbons (Fsp3) is 0.353. The van der Waals surface area contributed by atoms with Crippen LogP contribution in [0.15, 0.2) is 42.7 Å². The molecule has 0 amide bonds. The second-order valence-corrected chi connectivity index (χ2v) is 6.32. The van der Waals surface area contributed by atoms with Gasteiger partial charge in [0.2, 0.25) is 0 Å². The lowest BCUT2D eigenvalue weighted by Gasteiger charge is -2.33. The zero-order valence-corrected chi connectivity index (χ0v) is 13.2. The highest BCUT2D eigenvalue weighted by Gasteiger charge is 2.33. The lowest BCUT2D eigenvalue weighted by Crippen LogP contribution is -2.47. The molecule has 1 fully saturated rings. The summed E-state index contributed by atoms with van der Waals surface area (Å²) in [6.07, 6.45) is 3.59. The third-order valence-electron chi connectivity index (χ3n) is 3.72. The van der Waals surface area contributed by atoms with Gasteiger partial charge in [-0.2, -0.15) is 0 Å². The van der Waals surface area contributed by atoms with Crippen LogP contribution in [0, 0.1) is 5.41 Å². The number of rotatable bonds is 3. The van der Waals surface area contributed by atoms with Crippen LogP contribution < -0.4 is 10.2 Å². The van der Waals surface area contributed by atoms with Crippen LogP contribution >= 0.6 is 0 Å². The summed E-state index contributed by atoms with van der Waals surface area (Å²) < 4.78 is 17.2. The van der Waals surface area contributed by atoms with Crippen LogP contribution in [-0.2, 0) is 9.31 Å². The van der Waals surface area contributed by atoms with Gasteiger partial charge in [0.1, 0.15) is 5.75 Å². The number of aromatic nitrogens is 1. The van der Waals surface area contributed by atoms with Crippen LogP contribution in [0.4, 0.5) is 0 Å². The Morgan fingerprint density at radius 3 is 2.59 bits per heavy atom. The molecular formula is C17H20BNO3. The number of benzene rings is 1. The second kappa shape index (κ2) is 6.11. The van der Waals surface area contributed by atoms with E-state index < -0.39 is 0 Å². The van der Waals surface area contributed by atoms with E-state index in [1.807, 2.05) is 30.5 Å². The summed E-state index contributed by atoms with van der Waals surface area (Å²) in [7, 11) is 1.35. The fourth-order valence-corrected chi connectivity index (χ4v) is 2.50. The zero-order chi connectivity index (χ0) is 15.6. The van der Waals surface area contributed by atoms with Crippen LogP contribution in [-0.4, -0.2) is 32.4 Å². The van der Waals surface area contributed by atoms with E-state index in [4.69, 9.17) is 14.0 Å². The standard InChI is InChI=1S/C17H20BNO3/c1-17(2)11-21-18(22-12-17)14-6-7-16(20-3)15(9-14)13-5-4-8-19-10-13/h4-10H,11-12H2,1-3H3. The highest BCUT2D eigenvalue weighted by molar-refractivity contribution is 6.61. The van der Waals surface area contributed by atoms with Crippen LogP contribution in [0.5, 0.6) is 5.75 Å². The van der Waals surface area contributed by atoms with E-state index in [0.29, 0.717) is 13.2 Å². The summed E-state index contributed by atoms with van der Waals surface area (Å²) in [6.45, 7) is 5.65. The molecule has 22 heavy (non-hydrogen) atoms. The van der Waals surface area contributed by atoms with Crippen molar-refractivity contribution in [2.45, 2.75) is 13.8 Å². The lowest BCUT2D eigenvalue weighted by atomic mass is 9.75. The number of ether oxygens (including phenoxy) is 1. The molecule has 2 aromatic rings. The molecule has 1 aromatic carbocycles. The van der Waals surface area contributed by atoms with Gasteiger partial charge in [-0.25, -0.2) is 0 Å². The van der Waals surface area contributed by atoms with Crippen molar-refractivity contribution in [3.63, 3.8) is 0 Å². The molecule has 0 bridgehead atoms. The van der Waals surface area contributed by atoms with Gasteiger partial charge >= 0.3 is 7.12 Å². The quantitative estimate of drug-likeness (QED) is 0.816. The Kier molecular flexibility index (Phi) is 4.18. The molecule has 3 rings (SSSR count). The van der Waals surface area contributed by atoms with Crippen LogP contribution in [0.1, 0.15) is 13.8 Å². The molecule has 0 unspecified atom stereocenters. The SMILES string of the molecule is COc1ccc(B2OCC(C)(C)CO2)cc1-c1cccnc1. The van der Waals surface area contributed by atoms with Gasteiger partial charge in [-0.3, -0.25) is 4.98 Å². The Hall–Kier alpha value is -1.85. The van der Waals surface area contributed by atoms with Gasteiger partial charge in [0.25, 0.3) is 0 Å². The molecule has 2 heterocycles. The van der Waals surface area contributed by atoms with Crippen molar-refractivity contribution in [2.75, 3.05) is 20.3 Å². The maximum atomic E-state index is 5.86. The molecule has 1 aromatic heterocycles. The predicted octanol–water partition coefficient (Wildman–Crippen LogP) is 2.53. The summed E-state index contributed by atoms with van der Waals surface area (Å²) in [4.78, 5) is 4.18. The average Bonchev–Trinajstić information content (AvgIpc) is 2.55. The normalized spacial score (nSPS) is 17.3. The topological polar surface area (TPSA) is 40.6 Å². The molecule has 1 aliphatic rings. The van der Waals surface area contributed by atoms with Crippen molar-refractivity contribution in [1.82, 2.24) is 4.98 Å². The van der Waals surface area contributed by atoms with Gasteiger partial charge in [0.15, 0.2) is 0 Å². The number of hydrogen-bond acceptors (Lipinski definition) is 4. The van der Waals surface area contributed by atoms with E-state index in [-0.39, 0.29) is 12.5 Å². The Morgan fingerprint density at radius 1 is 1.18 bits per heavy atom. The van der Waals surface area contributed by atoms with Crippen LogP contribution in [0.25, 0.3) is 11.1 Å². The molecule has 0 N–H and O–H groups in total. The molecule has 1 aliphatic heterocycles. The third kappa shape index (κ3) is 3.15. The minimum atomic E-state index is -0.325. The second-order valence-electron chi connectivity index (χ2n) is 6.32. The Bertz CT molecular complexity index is 636. The molecule has 0 radical (unpaired) electrons. The van der Waals surface area contributed by atoms with E-state index in [0.717, 1.165) is 22.3 Å². The van der Waals surface area contributed by atoms with Crippen molar-refractivity contribution in [1.29, 1.82) is 0 Å². The highest BCUT2D eigenvalue weighted by atomic mass is 16.6. The zero-order valence-electron chi connectivity index (χ0n) is 13.2. The van der Waals surface area contributed by atoms with Gasteiger partial charge in [0.05, 0.1) is 7.11 Å². The first-order valence-electron chi connectivity index (χ1n) is 7.41. The predicted molar refractivity (Wildman–Crippen MR) is 87.3 cm³/mol. The van der Waals surface area contributed by atoms with E-state index in [1.54, 1.807) is 13.3 Å². The number of nitrogens with zero attached hydrogens (tertiary/aromatic N) is 1. The molecular weight excluding hydrogens is 277 g/mol. The smallest absolute Gasteiger partial charge is 0.493 e. The van der Waals surface area contributed by atoms with Gasteiger partial charge < -0.3 is 14.0 Å².